The normalized spacial score (nSPS) is 12.8. The number of rotatable bonds is 4. The molecule has 1 amide bonds. The van der Waals surface area contributed by atoms with Gasteiger partial charge in [0.25, 0.3) is 0 Å². The first-order chi connectivity index (χ1) is 8.83. The van der Waals surface area contributed by atoms with E-state index in [1.165, 1.54) is 6.07 Å². The van der Waals surface area contributed by atoms with Gasteiger partial charge in [0.1, 0.15) is 17.5 Å². The number of phenolic OH excluding ortho intramolecular Hbond substituents is 1. The van der Waals surface area contributed by atoms with Gasteiger partial charge in [0.2, 0.25) is 0 Å². The third-order valence-corrected chi connectivity index (χ3v) is 2.18. The van der Waals surface area contributed by atoms with Crippen molar-refractivity contribution in [1.82, 2.24) is 5.48 Å². The third kappa shape index (κ3) is 5.15. The summed E-state index contributed by atoms with van der Waals surface area (Å²) in [6.45, 7) is 5.34. The predicted octanol–water partition coefficient (Wildman–Crippen LogP) is 1.85. The van der Waals surface area contributed by atoms with E-state index in [9.17, 15) is 9.90 Å². The highest BCUT2D eigenvalue weighted by Crippen LogP contribution is 2.24. The van der Waals surface area contributed by atoms with Crippen molar-refractivity contribution in [1.29, 1.82) is 0 Å². The topological polar surface area (TPSA) is 93.8 Å². The minimum absolute atomic E-state index is 0.0592. The monoisotopic (exact) mass is 268 g/mol. The Morgan fingerprint density at radius 2 is 2.05 bits per heavy atom. The number of aromatic hydroxyl groups is 1. The molecule has 19 heavy (non-hydrogen) atoms. The van der Waals surface area contributed by atoms with Crippen LogP contribution in [0.5, 0.6) is 5.75 Å². The molecule has 0 spiro atoms. The summed E-state index contributed by atoms with van der Waals surface area (Å²) in [6, 6.07) is 6.63. The Labute approximate surface area is 112 Å². The number of carbonyl (C=O) groups excluding carboxylic acids is 1. The number of hydroxylamine groups is 1. The van der Waals surface area contributed by atoms with Crippen LogP contribution in [0.4, 0.5) is 4.79 Å². The Balaban J connectivity index is 2.59. The highest BCUT2D eigenvalue weighted by molar-refractivity contribution is 5.66. The summed E-state index contributed by atoms with van der Waals surface area (Å²) in [4.78, 5) is 16.6. The fraction of sp³-hybridized carbons (Fsp3) is 0.462. The molecule has 1 aromatic rings. The molecule has 106 valence electrons. The molecule has 1 rings (SSSR count). The van der Waals surface area contributed by atoms with Gasteiger partial charge >= 0.3 is 6.09 Å². The average Bonchev–Trinajstić information content (AvgIpc) is 2.29. The van der Waals surface area contributed by atoms with Crippen molar-refractivity contribution in [3.8, 4) is 5.75 Å². The lowest BCUT2D eigenvalue weighted by Crippen LogP contribution is -2.34. The first kappa shape index (κ1) is 15.3. The summed E-state index contributed by atoms with van der Waals surface area (Å²) in [5.41, 5.74) is 7.61. The number of carbonyl (C=O) groups is 1. The summed E-state index contributed by atoms with van der Waals surface area (Å²) in [7, 11) is 0. The summed E-state index contributed by atoms with van der Waals surface area (Å²) in [5.74, 6) is 0.0592. The molecule has 0 aliphatic rings. The Morgan fingerprint density at radius 3 is 2.58 bits per heavy atom. The van der Waals surface area contributed by atoms with Crippen molar-refractivity contribution < 1.29 is 19.5 Å². The molecule has 1 aromatic carbocycles. The third-order valence-electron chi connectivity index (χ3n) is 2.18. The van der Waals surface area contributed by atoms with Crippen molar-refractivity contribution in [2.24, 2.45) is 5.73 Å². The number of hydrogen-bond donors (Lipinski definition) is 3. The van der Waals surface area contributed by atoms with Gasteiger partial charge in [0, 0.05) is 12.1 Å². The molecule has 0 heterocycles. The first-order valence-corrected chi connectivity index (χ1v) is 5.96. The molecule has 1 unspecified atom stereocenters. The maximum atomic E-state index is 11.4. The van der Waals surface area contributed by atoms with E-state index in [1.807, 2.05) is 0 Å². The van der Waals surface area contributed by atoms with Crippen molar-refractivity contribution in [2.75, 3.05) is 6.54 Å². The van der Waals surface area contributed by atoms with Gasteiger partial charge in [-0.25, -0.2) is 4.79 Å². The van der Waals surface area contributed by atoms with Crippen molar-refractivity contribution in [2.45, 2.75) is 32.5 Å². The molecular formula is C13H20N2O4. The molecule has 0 aliphatic carbocycles. The lowest BCUT2D eigenvalue weighted by atomic mass is 10.1. The molecule has 0 saturated heterocycles. The number of amides is 1. The van der Waals surface area contributed by atoms with Crippen LogP contribution in [-0.2, 0) is 9.57 Å². The van der Waals surface area contributed by atoms with E-state index < -0.39 is 17.8 Å². The van der Waals surface area contributed by atoms with Crippen LogP contribution >= 0.6 is 0 Å². The molecule has 4 N–H and O–H groups in total. The fourth-order valence-electron chi connectivity index (χ4n) is 1.42. The molecule has 0 aliphatic heterocycles. The van der Waals surface area contributed by atoms with Gasteiger partial charge in [0.05, 0.1) is 0 Å². The fourth-order valence-corrected chi connectivity index (χ4v) is 1.42. The van der Waals surface area contributed by atoms with Crippen LogP contribution in [0.25, 0.3) is 0 Å². The second kappa shape index (κ2) is 6.40. The van der Waals surface area contributed by atoms with Crippen LogP contribution in [0.3, 0.4) is 0 Å². The van der Waals surface area contributed by atoms with E-state index in [4.69, 9.17) is 15.3 Å². The SMILES string of the molecule is CC(C)(C)OC(=O)NOC(CN)c1ccccc1O. The number of nitrogens with one attached hydrogen (secondary N) is 1. The molecule has 6 nitrogen and oxygen atoms in total. The van der Waals surface area contributed by atoms with Crippen LogP contribution in [0.15, 0.2) is 24.3 Å². The van der Waals surface area contributed by atoms with Crippen LogP contribution in [0.2, 0.25) is 0 Å². The van der Waals surface area contributed by atoms with Gasteiger partial charge in [-0.1, -0.05) is 18.2 Å². The zero-order valence-electron chi connectivity index (χ0n) is 11.3. The van der Waals surface area contributed by atoms with Gasteiger partial charge < -0.3 is 15.6 Å². The van der Waals surface area contributed by atoms with Gasteiger partial charge in [-0.15, -0.1) is 0 Å². The zero-order valence-corrected chi connectivity index (χ0v) is 11.3. The zero-order chi connectivity index (χ0) is 14.5. The van der Waals surface area contributed by atoms with E-state index in [1.54, 1.807) is 39.0 Å². The molecule has 0 saturated carbocycles. The molecule has 0 radical (unpaired) electrons. The summed E-state index contributed by atoms with van der Waals surface area (Å²) in [6.07, 6.45) is -1.35. The van der Waals surface area contributed by atoms with Crippen molar-refractivity contribution in [3.05, 3.63) is 29.8 Å². The van der Waals surface area contributed by atoms with Gasteiger partial charge in [-0.05, 0) is 26.8 Å². The average molecular weight is 268 g/mol. The summed E-state index contributed by atoms with van der Waals surface area (Å²) < 4.78 is 5.02. The molecule has 0 bridgehead atoms. The number of hydrogen-bond acceptors (Lipinski definition) is 5. The first-order valence-electron chi connectivity index (χ1n) is 5.96. The summed E-state index contributed by atoms with van der Waals surface area (Å²) in [5, 5.41) is 9.68. The quantitative estimate of drug-likeness (QED) is 0.724. The maximum Gasteiger partial charge on any atom is 0.431 e. The van der Waals surface area contributed by atoms with Crippen LogP contribution in [0, 0.1) is 0 Å². The number of para-hydroxylation sites is 1. The maximum absolute atomic E-state index is 11.4. The minimum Gasteiger partial charge on any atom is -0.508 e. The number of phenols is 1. The molecule has 6 heteroatoms. The molecule has 1 atom stereocenters. The van der Waals surface area contributed by atoms with Crippen LogP contribution in [0.1, 0.15) is 32.4 Å². The van der Waals surface area contributed by atoms with Crippen molar-refractivity contribution >= 4 is 6.09 Å². The predicted molar refractivity (Wildman–Crippen MR) is 70.4 cm³/mol. The van der Waals surface area contributed by atoms with E-state index in [0.717, 1.165) is 0 Å². The Morgan fingerprint density at radius 1 is 1.42 bits per heavy atom. The minimum atomic E-state index is -0.707. The lowest BCUT2D eigenvalue weighted by Gasteiger charge is -2.21. The van der Waals surface area contributed by atoms with E-state index in [0.29, 0.717) is 5.56 Å². The smallest absolute Gasteiger partial charge is 0.431 e. The lowest BCUT2D eigenvalue weighted by molar-refractivity contribution is -0.0409. The van der Waals surface area contributed by atoms with E-state index in [2.05, 4.69) is 5.48 Å². The summed E-state index contributed by atoms with van der Waals surface area (Å²) >= 11 is 0. The van der Waals surface area contributed by atoms with Crippen LogP contribution < -0.4 is 11.2 Å². The Hall–Kier alpha value is -1.79. The standard InChI is InChI=1S/C13H20N2O4/c1-13(2,3)18-12(17)15-19-11(8-14)9-6-4-5-7-10(9)16/h4-7,11,16H,8,14H2,1-3H3,(H,15,17). The molecular weight excluding hydrogens is 248 g/mol. The highest BCUT2D eigenvalue weighted by atomic mass is 16.7. The van der Waals surface area contributed by atoms with Gasteiger partial charge in [-0.3, -0.25) is 4.84 Å². The number of benzene rings is 1. The molecule has 0 fully saturated rings. The van der Waals surface area contributed by atoms with Crippen molar-refractivity contribution in [3.63, 3.8) is 0 Å². The number of nitrogens with two attached hydrogens (primary N) is 1. The highest BCUT2D eigenvalue weighted by Gasteiger charge is 2.19. The van der Waals surface area contributed by atoms with Crippen LogP contribution in [-0.4, -0.2) is 23.3 Å². The second-order valence-corrected chi connectivity index (χ2v) is 5.00. The van der Waals surface area contributed by atoms with Gasteiger partial charge in [0.15, 0.2) is 0 Å². The number of ether oxygens (including phenoxy) is 1. The van der Waals surface area contributed by atoms with E-state index in [-0.39, 0.29) is 12.3 Å². The molecule has 0 aromatic heterocycles. The van der Waals surface area contributed by atoms with E-state index >= 15 is 0 Å². The largest absolute Gasteiger partial charge is 0.508 e. The van der Waals surface area contributed by atoms with Gasteiger partial charge in [-0.2, -0.15) is 5.48 Å². The second-order valence-electron chi connectivity index (χ2n) is 5.00. The Kier molecular flexibility index (Phi) is 5.14. The Bertz CT molecular complexity index is 429.